The third-order valence-corrected chi connectivity index (χ3v) is 14.2. The zero-order chi connectivity index (χ0) is 34.9. The molecule has 11 rings (SSSR count). The van der Waals surface area contributed by atoms with E-state index in [4.69, 9.17) is 9.73 Å². The van der Waals surface area contributed by atoms with Crippen molar-refractivity contribution in [3.05, 3.63) is 142 Å². The molecule has 250 valence electrons. The lowest BCUT2D eigenvalue weighted by molar-refractivity contribution is 0.0267. The Morgan fingerprint density at radius 3 is 1.52 bits per heavy atom. The fourth-order valence-corrected chi connectivity index (χ4v) is 11.8. The summed E-state index contributed by atoms with van der Waals surface area (Å²) in [7, 11) is 0. The number of hydrogen-bond acceptors (Lipinski definition) is 10. The summed E-state index contributed by atoms with van der Waals surface area (Å²) in [6.07, 6.45) is 4.85. The molecule has 7 nitrogen and oxygen atoms in total. The molecular weight excluding hydrogens is 709 g/mol. The highest BCUT2D eigenvalue weighted by Crippen LogP contribution is 2.61. The molecule has 9 aromatic rings. The van der Waals surface area contributed by atoms with E-state index in [0.717, 1.165) is 84.1 Å². The molecule has 2 aliphatic rings. The zero-order valence-electron chi connectivity index (χ0n) is 27.3. The maximum atomic E-state index is 13.6. The molecule has 3 aromatic heterocycles. The van der Waals surface area contributed by atoms with E-state index in [-0.39, 0.29) is 32.4 Å². The minimum Gasteiger partial charge on any atom is -0.479 e. The van der Waals surface area contributed by atoms with Gasteiger partial charge in [0, 0.05) is 27.1 Å². The van der Waals surface area contributed by atoms with Crippen LogP contribution in [0.25, 0.3) is 62.2 Å². The first kappa shape index (κ1) is 30.2. The fourth-order valence-electron chi connectivity index (χ4n) is 8.21. The van der Waals surface area contributed by atoms with Crippen molar-refractivity contribution in [2.75, 3.05) is 0 Å². The summed E-state index contributed by atoms with van der Waals surface area (Å²) in [4.78, 5) is 65.5. The fraction of sp³-hybridized carbons (Fsp3) is 0.143. The predicted molar refractivity (Wildman–Crippen MR) is 212 cm³/mol. The van der Waals surface area contributed by atoms with E-state index in [0.29, 0.717) is 31.5 Å². The van der Waals surface area contributed by atoms with Gasteiger partial charge in [-0.3, -0.25) is 19.2 Å². The summed E-state index contributed by atoms with van der Waals surface area (Å²) in [5.41, 5.74) is -0.882. The Balaban J connectivity index is 1.06. The zero-order valence-corrected chi connectivity index (χ0v) is 29.7. The number of nitrogens with zero attached hydrogens (tertiary/aromatic N) is 2. The van der Waals surface area contributed by atoms with Crippen LogP contribution in [0.2, 0.25) is 0 Å². The van der Waals surface area contributed by atoms with Crippen LogP contribution in [0.3, 0.4) is 0 Å². The van der Waals surface area contributed by atoms with Gasteiger partial charge >= 0.3 is 0 Å². The van der Waals surface area contributed by atoms with Crippen molar-refractivity contribution >= 4 is 96.5 Å². The highest BCUT2D eigenvalue weighted by molar-refractivity contribution is 7.33. The highest BCUT2D eigenvalue weighted by Gasteiger charge is 2.45. The third kappa shape index (κ3) is 4.22. The minimum atomic E-state index is -0.551. The van der Waals surface area contributed by atoms with Gasteiger partial charge in [-0.1, -0.05) is 55.0 Å². The van der Waals surface area contributed by atoms with E-state index in [1.807, 2.05) is 60.7 Å². The molecule has 1 aliphatic heterocycles. The molecule has 1 fully saturated rings. The highest BCUT2D eigenvalue weighted by atomic mass is 32.1. The maximum Gasteiger partial charge on any atom is 0.216 e. The van der Waals surface area contributed by atoms with Crippen molar-refractivity contribution in [3.8, 4) is 15.5 Å². The molecule has 0 unspecified atom stereocenters. The molecule has 4 heterocycles. The molecule has 0 N–H and O–H groups in total. The van der Waals surface area contributed by atoms with Gasteiger partial charge in [0.1, 0.15) is 15.6 Å². The van der Waals surface area contributed by atoms with Gasteiger partial charge in [0.15, 0.2) is 16.5 Å². The maximum absolute atomic E-state index is 13.6. The molecule has 0 radical (unpaired) electrons. The minimum absolute atomic E-state index is 0.0510. The normalized spacial score (nSPS) is 15.2. The van der Waals surface area contributed by atoms with E-state index in [1.54, 1.807) is 35.6 Å². The molecule has 0 bridgehead atoms. The summed E-state index contributed by atoms with van der Waals surface area (Å²) in [6.45, 7) is 0. The molecule has 52 heavy (non-hydrogen) atoms. The van der Waals surface area contributed by atoms with Crippen molar-refractivity contribution in [2.24, 2.45) is 9.98 Å². The number of hydrogen-bond donors (Lipinski definition) is 0. The molecule has 0 atom stereocenters. The van der Waals surface area contributed by atoms with Crippen molar-refractivity contribution < 1.29 is 4.74 Å². The van der Waals surface area contributed by atoms with Gasteiger partial charge in [0.2, 0.25) is 21.7 Å². The number of fused-ring (bicyclic) bond motifs is 10. The molecule has 0 saturated heterocycles. The largest absolute Gasteiger partial charge is 0.479 e. The smallest absolute Gasteiger partial charge is 0.216 e. The first-order valence-electron chi connectivity index (χ1n) is 17.2. The Bertz CT molecular complexity index is 3220. The van der Waals surface area contributed by atoms with Crippen LogP contribution < -0.4 is 37.2 Å². The predicted octanol–water partition coefficient (Wildman–Crippen LogP) is 8.51. The van der Waals surface area contributed by atoms with Gasteiger partial charge in [-0.05, 0) is 83.6 Å². The van der Waals surface area contributed by atoms with E-state index in [1.165, 1.54) is 22.7 Å². The second kappa shape index (κ2) is 10.8. The molecular formula is C42H24N2O5S3. The van der Waals surface area contributed by atoms with E-state index in [2.05, 4.69) is 4.99 Å². The lowest BCUT2D eigenvalue weighted by Gasteiger charge is -2.40. The van der Waals surface area contributed by atoms with Crippen LogP contribution in [-0.4, -0.2) is 0 Å². The van der Waals surface area contributed by atoms with Crippen LogP contribution in [0.1, 0.15) is 37.7 Å². The summed E-state index contributed by atoms with van der Waals surface area (Å²) < 4.78 is 8.93. The summed E-state index contributed by atoms with van der Waals surface area (Å²) in [5, 5.41) is 6.28. The van der Waals surface area contributed by atoms with Crippen molar-refractivity contribution in [3.63, 3.8) is 0 Å². The van der Waals surface area contributed by atoms with Crippen LogP contribution >= 0.6 is 34.0 Å². The SMILES string of the molecule is O=c1c(=Nc2cc3c(s2)-c2sc4cc(N=c5c(=O)c6cc7ccccc7cc6c5=O)sc4c2OC32CCCCC2)c(=O)c2cc3ccccc3cc12. The Morgan fingerprint density at radius 1 is 0.538 bits per heavy atom. The standard InChI is InChI=1S/C42H24N2O5S3/c45-34-24-14-20-8-2-3-9-21(20)15-25(24)35(46)32(34)43-30-18-28-39(51-30)41-38(49-42(28)12-6-1-7-13-42)40-29(50-41)19-31(52-40)44-33-36(47)26-16-22-10-4-5-11-23(22)17-27(26)37(33)48/h2-5,8-11,14-19H,1,6-7,12-13H2. The van der Waals surface area contributed by atoms with Crippen molar-refractivity contribution in [1.82, 2.24) is 0 Å². The third-order valence-electron chi connectivity index (χ3n) is 10.7. The first-order valence-corrected chi connectivity index (χ1v) is 19.6. The second-order valence-corrected chi connectivity index (χ2v) is 16.9. The van der Waals surface area contributed by atoms with Crippen molar-refractivity contribution in [2.45, 2.75) is 37.7 Å². The van der Waals surface area contributed by atoms with Crippen LogP contribution in [0, 0.1) is 0 Å². The Hall–Kier alpha value is -5.42. The molecule has 6 aromatic carbocycles. The summed E-state index contributed by atoms with van der Waals surface area (Å²) >= 11 is 4.49. The molecule has 1 aliphatic carbocycles. The number of rotatable bonds is 2. The Morgan fingerprint density at radius 2 is 1.02 bits per heavy atom. The average molecular weight is 733 g/mol. The lowest BCUT2D eigenvalue weighted by atomic mass is 9.78. The topological polar surface area (TPSA) is 102 Å². The van der Waals surface area contributed by atoms with Crippen LogP contribution in [0.4, 0.5) is 10.0 Å². The van der Waals surface area contributed by atoms with Gasteiger partial charge in [-0.15, -0.1) is 34.0 Å². The lowest BCUT2D eigenvalue weighted by Crippen LogP contribution is -2.37. The monoisotopic (exact) mass is 732 g/mol. The van der Waals surface area contributed by atoms with Crippen molar-refractivity contribution in [1.29, 1.82) is 0 Å². The molecule has 1 saturated carbocycles. The van der Waals surface area contributed by atoms with Crippen LogP contribution in [0.5, 0.6) is 5.75 Å². The van der Waals surface area contributed by atoms with Gasteiger partial charge in [0.05, 0.1) is 19.2 Å². The number of benzene rings is 4. The first-order chi connectivity index (χ1) is 25.3. The Kier molecular flexibility index (Phi) is 6.28. The number of thiophene rings is 3. The molecule has 0 amide bonds. The van der Waals surface area contributed by atoms with Gasteiger partial charge in [0.25, 0.3) is 0 Å². The van der Waals surface area contributed by atoms with Crippen LogP contribution in [-0.2, 0) is 5.60 Å². The quantitative estimate of drug-likeness (QED) is 0.177. The number of ether oxygens (including phenoxy) is 1. The van der Waals surface area contributed by atoms with Crippen LogP contribution in [0.15, 0.2) is 114 Å². The Labute approximate surface area is 305 Å². The second-order valence-electron chi connectivity index (χ2n) is 13.7. The van der Waals surface area contributed by atoms with Gasteiger partial charge in [-0.25, -0.2) is 9.98 Å². The average Bonchev–Trinajstić information content (AvgIpc) is 3.95. The van der Waals surface area contributed by atoms with E-state index >= 15 is 0 Å². The van der Waals surface area contributed by atoms with Gasteiger partial charge < -0.3 is 4.74 Å². The summed E-state index contributed by atoms with van der Waals surface area (Å²) in [6, 6.07) is 26.5. The molecule has 10 heteroatoms. The molecule has 1 spiro atoms. The van der Waals surface area contributed by atoms with Gasteiger partial charge in [-0.2, -0.15) is 0 Å². The van der Waals surface area contributed by atoms with E-state index in [9.17, 15) is 19.2 Å². The summed E-state index contributed by atoms with van der Waals surface area (Å²) in [5.74, 6) is 0.789. The van der Waals surface area contributed by atoms with E-state index < -0.39 is 5.60 Å².